The van der Waals surface area contributed by atoms with Crippen molar-refractivity contribution in [1.29, 1.82) is 0 Å². The first-order valence-corrected chi connectivity index (χ1v) is 6.25. The van der Waals surface area contributed by atoms with E-state index in [1.807, 2.05) is 31.2 Å². The third kappa shape index (κ3) is 2.51. The van der Waals surface area contributed by atoms with Crippen molar-refractivity contribution in [2.75, 3.05) is 0 Å². The Balaban J connectivity index is 1.84. The molecular formula is C15H13N3O2. The molecule has 0 bridgehead atoms. The van der Waals surface area contributed by atoms with Gasteiger partial charge in [-0.15, -0.1) is 0 Å². The Morgan fingerprint density at radius 2 is 1.95 bits per heavy atom. The lowest BCUT2D eigenvalue weighted by Crippen LogP contribution is -1.91. The van der Waals surface area contributed by atoms with E-state index in [0.717, 1.165) is 16.8 Å². The average molecular weight is 267 g/mol. The lowest BCUT2D eigenvalue weighted by molar-refractivity contribution is 0.385. The molecule has 0 amide bonds. The van der Waals surface area contributed by atoms with Gasteiger partial charge in [0.1, 0.15) is 11.4 Å². The SMILES string of the molecule is Cc1cccnc1-c1noc(Cc2ccc(O)cc2)n1. The number of rotatable bonds is 3. The molecule has 0 aliphatic rings. The minimum Gasteiger partial charge on any atom is -0.508 e. The number of aromatic nitrogens is 3. The second kappa shape index (κ2) is 5.13. The normalized spacial score (nSPS) is 10.7. The maximum atomic E-state index is 9.25. The number of aryl methyl sites for hydroxylation is 1. The van der Waals surface area contributed by atoms with Gasteiger partial charge in [-0.05, 0) is 36.2 Å². The summed E-state index contributed by atoms with van der Waals surface area (Å²) in [6.07, 6.45) is 2.23. The van der Waals surface area contributed by atoms with Crippen molar-refractivity contribution in [3.8, 4) is 17.3 Å². The van der Waals surface area contributed by atoms with Gasteiger partial charge in [0.05, 0.1) is 6.42 Å². The van der Waals surface area contributed by atoms with Gasteiger partial charge in [0.15, 0.2) is 0 Å². The van der Waals surface area contributed by atoms with E-state index in [4.69, 9.17) is 4.52 Å². The molecule has 3 aromatic rings. The fraction of sp³-hybridized carbons (Fsp3) is 0.133. The predicted molar refractivity (Wildman–Crippen MR) is 73.2 cm³/mol. The molecule has 100 valence electrons. The third-order valence-corrected chi connectivity index (χ3v) is 2.98. The predicted octanol–water partition coefficient (Wildman–Crippen LogP) is 2.74. The highest BCUT2D eigenvalue weighted by Gasteiger charge is 2.12. The summed E-state index contributed by atoms with van der Waals surface area (Å²) in [6.45, 7) is 1.96. The maximum Gasteiger partial charge on any atom is 0.231 e. The van der Waals surface area contributed by atoms with Crippen molar-refractivity contribution < 1.29 is 9.63 Å². The number of pyridine rings is 1. The first-order valence-electron chi connectivity index (χ1n) is 6.25. The minimum atomic E-state index is 0.240. The molecule has 5 nitrogen and oxygen atoms in total. The van der Waals surface area contributed by atoms with Crippen LogP contribution in [-0.4, -0.2) is 20.2 Å². The molecule has 0 unspecified atom stereocenters. The number of hydrogen-bond donors (Lipinski definition) is 1. The van der Waals surface area contributed by atoms with Crippen molar-refractivity contribution in [2.24, 2.45) is 0 Å². The van der Waals surface area contributed by atoms with Crippen LogP contribution in [-0.2, 0) is 6.42 Å². The van der Waals surface area contributed by atoms with Gasteiger partial charge in [-0.25, -0.2) is 0 Å². The number of phenolic OH excluding ortho intramolecular Hbond substituents is 1. The molecule has 5 heteroatoms. The Bertz CT molecular complexity index is 720. The van der Waals surface area contributed by atoms with Crippen molar-refractivity contribution in [2.45, 2.75) is 13.3 Å². The van der Waals surface area contributed by atoms with Crippen LogP contribution < -0.4 is 0 Å². The van der Waals surface area contributed by atoms with E-state index in [2.05, 4.69) is 15.1 Å². The molecule has 1 aromatic carbocycles. The first-order chi connectivity index (χ1) is 9.72. The van der Waals surface area contributed by atoms with Crippen molar-refractivity contribution >= 4 is 0 Å². The molecule has 0 atom stereocenters. The number of phenols is 1. The Morgan fingerprint density at radius 3 is 2.70 bits per heavy atom. The molecule has 0 spiro atoms. The summed E-state index contributed by atoms with van der Waals surface area (Å²) in [4.78, 5) is 8.62. The fourth-order valence-electron chi connectivity index (χ4n) is 1.93. The summed E-state index contributed by atoms with van der Waals surface area (Å²) in [6, 6.07) is 10.7. The quantitative estimate of drug-likeness (QED) is 0.790. The molecule has 0 saturated carbocycles. The summed E-state index contributed by atoms with van der Waals surface area (Å²) < 4.78 is 5.24. The van der Waals surface area contributed by atoms with Crippen molar-refractivity contribution in [3.05, 3.63) is 59.6 Å². The molecule has 1 N–H and O–H groups in total. The maximum absolute atomic E-state index is 9.25. The van der Waals surface area contributed by atoms with Gasteiger partial charge in [-0.3, -0.25) is 4.98 Å². The standard InChI is InChI=1S/C15H13N3O2/c1-10-3-2-8-16-14(10)15-17-13(20-18-15)9-11-4-6-12(19)7-5-11/h2-8,19H,9H2,1H3. The van der Waals surface area contributed by atoms with Gasteiger partial charge in [0.25, 0.3) is 0 Å². The van der Waals surface area contributed by atoms with E-state index in [1.165, 1.54) is 0 Å². The molecule has 0 aliphatic carbocycles. The van der Waals surface area contributed by atoms with E-state index >= 15 is 0 Å². The summed E-state index contributed by atoms with van der Waals surface area (Å²) in [5.41, 5.74) is 2.73. The van der Waals surface area contributed by atoms with Crippen molar-refractivity contribution in [1.82, 2.24) is 15.1 Å². The fourth-order valence-corrected chi connectivity index (χ4v) is 1.93. The third-order valence-electron chi connectivity index (χ3n) is 2.98. The van der Waals surface area contributed by atoms with Gasteiger partial charge in [-0.1, -0.05) is 23.4 Å². The van der Waals surface area contributed by atoms with E-state index in [1.54, 1.807) is 18.3 Å². The van der Waals surface area contributed by atoms with Gasteiger partial charge in [0, 0.05) is 6.20 Å². The van der Waals surface area contributed by atoms with Crippen LogP contribution in [0.2, 0.25) is 0 Å². The zero-order valence-corrected chi connectivity index (χ0v) is 10.9. The molecular weight excluding hydrogens is 254 g/mol. The summed E-state index contributed by atoms with van der Waals surface area (Å²) in [7, 11) is 0. The molecule has 2 aromatic heterocycles. The molecule has 0 aliphatic heterocycles. The highest BCUT2D eigenvalue weighted by atomic mass is 16.5. The lowest BCUT2D eigenvalue weighted by Gasteiger charge is -1.97. The molecule has 0 fully saturated rings. The van der Waals surface area contributed by atoms with Crippen LogP contribution in [0.5, 0.6) is 5.75 Å². The highest BCUT2D eigenvalue weighted by molar-refractivity contribution is 5.53. The van der Waals surface area contributed by atoms with Crippen LogP contribution in [0.25, 0.3) is 11.5 Å². The molecule has 20 heavy (non-hydrogen) atoms. The van der Waals surface area contributed by atoms with E-state index in [-0.39, 0.29) is 5.75 Å². The zero-order chi connectivity index (χ0) is 13.9. The second-order valence-electron chi connectivity index (χ2n) is 4.52. The Morgan fingerprint density at radius 1 is 1.15 bits per heavy atom. The smallest absolute Gasteiger partial charge is 0.231 e. The van der Waals surface area contributed by atoms with Crippen LogP contribution in [0.3, 0.4) is 0 Å². The van der Waals surface area contributed by atoms with Gasteiger partial charge < -0.3 is 9.63 Å². The lowest BCUT2D eigenvalue weighted by atomic mass is 10.1. The topological polar surface area (TPSA) is 72.0 Å². The Labute approximate surface area is 115 Å². The Kier molecular flexibility index (Phi) is 3.16. The largest absolute Gasteiger partial charge is 0.508 e. The first kappa shape index (κ1) is 12.3. The van der Waals surface area contributed by atoms with Gasteiger partial charge in [0.2, 0.25) is 11.7 Å². The van der Waals surface area contributed by atoms with Crippen molar-refractivity contribution in [3.63, 3.8) is 0 Å². The summed E-state index contributed by atoms with van der Waals surface area (Å²) in [5.74, 6) is 1.26. The van der Waals surface area contributed by atoms with E-state index < -0.39 is 0 Å². The minimum absolute atomic E-state index is 0.240. The monoisotopic (exact) mass is 267 g/mol. The van der Waals surface area contributed by atoms with Crippen LogP contribution >= 0.6 is 0 Å². The van der Waals surface area contributed by atoms with E-state index in [0.29, 0.717) is 18.1 Å². The summed E-state index contributed by atoms with van der Waals surface area (Å²) in [5, 5.41) is 13.2. The van der Waals surface area contributed by atoms with Crippen LogP contribution in [0, 0.1) is 6.92 Å². The van der Waals surface area contributed by atoms with Gasteiger partial charge in [-0.2, -0.15) is 4.98 Å². The zero-order valence-electron chi connectivity index (χ0n) is 10.9. The molecule has 3 rings (SSSR count). The average Bonchev–Trinajstić information content (AvgIpc) is 2.90. The van der Waals surface area contributed by atoms with Crippen LogP contribution in [0.4, 0.5) is 0 Å². The molecule has 0 radical (unpaired) electrons. The second-order valence-corrected chi connectivity index (χ2v) is 4.52. The van der Waals surface area contributed by atoms with Crippen LogP contribution in [0.1, 0.15) is 17.0 Å². The van der Waals surface area contributed by atoms with E-state index in [9.17, 15) is 5.11 Å². The molecule has 0 saturated heterocycles. The molecule has 2 heterocycles. The Hall–Kier alpha value is -2.69. The van der Waals surface area contributed by atoms with Crippen LogP contribution in [0.15, 0.2) is 47.1 Å². The number of benzene rings is 1. The summed E-state index contributed by atoms with van der Waals surface area (Å²) >= 11 is 0. The highest BCUT2D eigenvalue weighted by Crippen LogP contribution is 2.18. The number of nitrogens with zero attached hydrogens (tertiary/aromatic N) is 3. The van der Waals surface area contributed by atoms with Gasteiger partial charge >= 0.3 is 0 Å². The number of hydrogen-bond acceptors (Lipinski definition) is 5. The number of aromatic hydroxyl groups is 1.